The number of rotatable bonds is 6. The maximum Gasteiger partial charge on any atom is 0.517 e. The summed E-state index contributed by atoms with van der Waals surface area (Å²) in [5.74, 6) is -1.30. The van der Waals surface area contributed by atoms with Crippen molar-refractivity contribution in [3.63, 3.8) is 0 Å². The van der Waals surface area contributed by atoms with Crippen LogP contribution in [0.1, 0.15) is 25.3 Å². The van der Waals surface area contributed by atoms with Crippen molar-refractivity contribution in [2.75, 3.05) is 6.67 Å². The minimum absolute atomic E-state index is 0.260. The van der Waals surface area contributed by atoms with Crippen LogP contribution in [-0.2, 0) is 4.74 Å². The van der Waals surface area contributed by atoms with Gasteiger partial charge in [0.25, 0.3) is 12.1 Å². The Labute approximate surface area is 128 Å². The lowest BCUT2D eigenvalue weighted by atomic mass is 10.0. The zero-order valence-electron chi connectivity index (χ0n) is 12.0. The predicted octanol–water partition coefficient (Wildman–Crippen LogP) is 3.41. The van der Waals surface area contributed by atoms with Crippen molar-refractivity contribution in [3.8, 4) is 5.75 Å². The second-order valence-electron chi connectivity index (χ2n) is 4.59. The van der Waals surface area contributed by atoms with Gasteiger partial charge in [-0.1, -0.05) is 13.8 Å². The smallest absolute Gasteiger partial charge is 0.396 e. The zero-order valence-corrected chi connectivity index (χ0v) is 12.0. The fourth-order valence-electron chi connectivity index (χ4n) is 1.57. The molecule has 0 heterocycles. The molecule has 11 heteroatoms. The number of nitro groups is 2. The minimum Gasteiger partial charge on any atom is -0.396 e. The number of nitrogens with zero attached hydrogens (tertiary/aromatic N) is 2. The molecule has 0 aromatic heterocycles. The molecule has 1 aromatic rings. The van der Waals surface area contributed by atoms with E-state index in [9.17, 15) is 33.8 Å². The first-order valence-corrected chi connectivity index (χ1v) is 6.22. The largest absolute Gasteiger partial charge is 0.517 e. The highest BCUT2D eigenvalue weighted by Crippen LogP contribution is 2.40. The van der Waals surface area contributed by atoms with Gasteiger partial charge in [0, 0.05) is 12.1 Å². The summed E-state index contributed by atoms with van der Waals surface area (Å²) in [6, 6.07) is 1.98. The van der Waals surface area contributed by atoms with Gasteiger partial charge in [0.1, 0.15) is 0 Å². The number of benzene rings is 1. The minimum atomic E-state index is -2.64. The molecule has 0 N–H and O–H groups in total. The molecule has 1 unspecified atom stereocenters. The van der Waals surface area contributed by atoms with Crippen molar-refractivity contribution in [1.82, 2.24) is 0 Å². The Kier molecular flexibility index (Phi) is 5.87. The van der Waals surface area contributed by atoms with Crippen LogP contribution in [0, 0.1) is 20.2 Å². The van der Waals surface area contributed by atoms with Crippen molar-refractivity contribution in [2.45, 2.75) is 26.1 Å². The maximum absolute atomic E-state index is 12.6. The summed E-state index contributed by atoms with van der Waals surface area (Å²) in [5.41, 5.74) is -1.47. The lowest BCUT2D eigenvalue weighted by Crippen LogP contribution is -2.19. The van der Waals surface area contributed by atoms with E-state index in [1.165, 1.54) is 0 Å². The van der Waals surface area contributed by atoms with E-state index in [2.05, 4.69) is 9.47 Å². The first kappa shape index (κ1) is 18.2. The number of hydrogen-bond donors (Lipinski definition) is 0. The highest BCUT2D eigenvalue weighted by Gasteiger charge is 2.32. The van der Waals surface area contributed by atoms with Gasteiger partial charge in [0.2, 0.25) is 0 Å². The third-order valence-corrected chi connectivity index (χ3v) is 2.66. The average Bonchev–Trinajstić information content (AvgIpc) is 2.45. The summed E-state index contributed by atoms with van der Waals surface area (Å²) in [4.78, 5) is 31.4. The van der Waals surface area contributed by atoms with Crippen LogP contribution in [0.4, 0.5) is 25.0 Å². The van der Waals surface area contributed by atoms with E-state index in [-0.39, 0.29) is 11.5 Å². The predicted molar refractivity (Wildman–Crippen MR) is 71.8 cm³/mol. The van der Waals surface area contributed by atoms with Crippen LogP contribution < -0.4 is 4.74 Å². The van der Waals surface area contributed by atoms with E-state index < -0.39 is 46.2 Å². The molecule has 126 valence electrons. The molecule has 0 aliphatic heterocycles. The van der Waals surface area contributed by atoms with Gasteiger partial charge in [-0.3, -0.25) is 20.2 Å². The first-order valence-electron chi connectivity index (χ1n) is 6.22. The Bertz CT molecular complexity index is 601. The average molecular weight is 334 g/mol. The van der Waals surface area contributed by atoms with Crippen molar-refractivity contribution >= 4 is 17.5 Å². The molecular weight excluding hydrogens is 322 g/mol. The van der Waals surface area contributed by atoms with Crippen molar-refractivity contribution in [1.29, 1.82) is 0 Å². The molecule has 0 radical (unpaired) electrons. The van der Waals surface area contributed by atoms with E-state index in [1.54, 1.807) is 13.8 Å². The molecule has 0 saturated heterocycles. The van der Waals surface area contributed by atoms with Gasteiger partial charge in [0.05, 0.1) is 9.85 Å². The van der Waals surface area contributed by atoms with Crippen molar-refractivity contribution in [2.24, 2.45) is 0 Å². The fourth-order valence-corrected chi connectivity index (χ4v) is 1.57. The van der Waals surface area contributed by atoms with Crippen LogP contribution in [0.3, 0.4) is 0 Å². The summed E-state index contributed by atoms with van der Waals surface area (Å²) in [6.07, 6.45) is -4.48. The Morgan fingerprint density at radius 1 is 1.22 bits per heavy atom. The van der Waals surface area contributed by atoms with Gasteiger partial charge < -0.3 is 9.47 Å². The van der Waals surface area contributed by atoms with Gasteiger partial charge >= 0.3 is 17.5 Å². The molecule has 0 fully saturated rings. The molecular formula is C12H12F2N2O7. The van der Waals surface area contributed by atoms with E-state index in [4.69, 9.17) is 0 Å². The SMILES string of the molecule is CC(C)c1cc([N+](=O)[O-])c(OC(=O)OC(F)CF)c([N+](=O)[O-])c1. The third-order valence-electron chi connectivity index (χ3n) is 2.66. The van der Waals surface area contributed by atoms with Gasteiger partial charge in [0.15, 0.2) is 6.67 Å². The number of alkyl halides is 2. The number of hydrogen-bond acceptors (Lipinski definition) is 7. The number of ether oxygens (including phenoxy) is 2. The summed E-state index contributed by atoms with van der Waals surface area (Å²) >= 11 is 0. The molecule has 23 heavy (non-hydrogen) atoms. The second kappa shape index (κ2) is 7.42. The van der Waals surface area contributed by atoms with Crippen molar-refractivity contribution in [3.05, 3.63) is 37.9 Å². The fraction of sp³-hybridized carbons (Fsp3) is 0.417. The summed E-state index contributed by atoms with van der Waals surface area (Å²) < 4.78 is 32.7. The standard InChI is InChI=1S/C12H12F2N2O7/c1-6(2)7-3-8(15(18)19)11(9(4-7)16(20)21)23-12(17)22-10(14)5-13/h3-4,6,10H,5H2,1-2H3. The summed E-state index contributed by atoms with van der Waals surface area (Å²) in [6.45, 7) is 1.63. The topological polar surface area (TPSA) is 122 Å². The number of nitro benzene ring substituents is 2. The third kappa shape index (κ3) is 4.56. The molecule has 0 aliphatic carbocycles. The van der Waals surface area contributed by atoms with Crippen LogP contribution in [0.5, 0.6) is 5.75 Å². The first-order chi connectivity index (χ1) is 10.7. The molecule has 0 saturated carbocycles. The monoisotopic (exact) mass is 334 g/mol. The highest BCUT2D eigenvalue weighted by molar-refractivity contribution is 5.72. The van der Waals surface area contributed by atoms with Crippen LogP contribution in [-0.4, -0.2) is 29.0 Å². The van der Waals surface area contributed by atoms with E-state index >= 15 is 0 Å². The Balaban J connectivity index is 3.35. The highest BCUT2D eigenvalue weighted by atomic mass is 19.2. The van der Waals surface area contributed by atoms with Crippen LogP contribution >= 0.6 is 0 Å². The van der Waals surface area contributed by atoms with E-state index in [1.807, 2.05) is 0 Å². The molecule has 9 nitrogen and oxygen atoms in total. The maximum atomic E-state index is 12.6. The molecule has 0 aliphatic rings. The Morgan fingerprint density at radius 2 is 1.70 bits per heavy atom. The summed E-state index contributed by atoms with van der Waals surface area (Å²) in [7, 11) is 0. The zero-order chi connectivity index (χ0) is 17.7. The Morgan fingerprint density at radius 3 is 2.04 bits per heavy atom. The van der Waals surface area contributed by atoms with Crippen LogP contribution in [0.15, 0.2) is 12.1 Å². The molecule has 1 rings (SSSR count). The molecule has 0 amide bonds. The van der Waals surface area contributed by atoms with Crippen LogP contribution in [0.25, 0.3) is 0 Å². The lowest BCUT2D eigenvalue weighted by Gasteiger charge is -2.10. The molecule has 1 atom stereocenters. The second-order valence-corrected chi connectivity index (χ2v) is 4.59. The van der Waals surface area contributed by atoms with E-state index in [0.29, 0.717) is 0 Å². The molecule has 0 bridgehead atoms. The van der Waals surface area contributed by atoms with Gasteiger partial charge in [-0.2, -0.15) is 4.39 Å². The van der Waals surface area contributed by atoms with Crippen LogP contribution in [0.2, 0.25) is 0 Å². The van der Waals surface area contributed by atoms with Crippen molar-refractivity contribution < 1.29 is 32.9 Å². The quantitative estimate of drug-likeness (QED) is 0.338. The lowest BCUT2D eigenvalue weighted by molar-refractivity contribution is -0.395. The summed E-state index contributed by atoms with van der Waals surface area (Å²) in [5, 5.41) is 22.1. The van der Waals surface area contributed by atoms with E-state index in [0.717, 1.165) is 12.1 Å². The molecule has 1 aromatic carbocycles. The normalized spacial score (nSPS) is 11.9. The van der Waals surface area contributed by atoms with Gasteiger partial charge in [-0.15, -0.1) is 0 Å². The molecule has 0 spiro atoms. The Hall–Kier alpha value is -2.85. The van der Waals surface area contributed by atoms with Gasteiger partial charge in [-0.05, 0) is 11.5 Å². The van der Waals surface area contributed by atoms with Gasteiger partial charge in [-0.25, -0.2) is 9.18 Å². The number of carbonyl (C=O) groups excluding carboxylic acids is 1. The number of carbonyl (C=O) groups is 1. The number of halogens is 2.